The van der Waals surface area contributed by atoms with E-state index in [0.29, 0.717) is 34.8 Å². The number of rotatable bonds is 5. The molecule has 6 heteroatoms. The normalized spacial score (nSPS) is 10.9. The molecule has 6 nitrogen and oxygen atoms in total. The van der Waals surface area contributed by atoms with Crippen molar-refractivity contribution >= 4 is 17.1 Å². The Morgan fingerprint density at radius 2 is 1.85 bits per heavy atom. The maximum atomic E-state index is 12.1. The molecular formula is C20H19NO5. The lowest BCUT2D eigenvalue weighted by Crippen LogP contribution is -2.12. The average molecular weight is 353 g/mol. The second-order valence-electron chi connectivity index (χ2n) is 6.23. The van der Waals surface area contributed by atoms with Crippen molar-refractivity contribution < 1.29 is 18.7 Å². The molecule has 3 aromatic rings. The van der Waals surface area contributed by atoms with Gasteiger partial charge in [0.15, 0.2) is 0 Å². The van der Waals surface area contributed by atoms with E-state index in [1.165, 1.54) is 0 Å². The van der Waals surface area contributed by atoms with Gasteiger partial charge in [-0.1, -0.05) is 26.0 Å². The van der Waals surface area contributed by atoms with Gasteiger partial charge in [0.25, 0.3) is 5.56 Å². The second-order valence-corrected chi connectivity index (χ2v) is 6.23. The van der Waals surface area contributed by atoms with Crippen LogP contribution in [0.1, 0.15) is 20.3 Å². The first-order valence-corrected chi connectivity index (χ1v) is 8.38. The lowest BCUT2D eigenvalue weighted by atomic mass is 10.1. The van der Waals surface area contributed by atoms with Gasteiger partial charge in [-0.2, -0.15) is 4.98 Å². The summed E-state index contributed by atoms with van der Waals surface area (Å²) in [5.41, 5.74) is 0.723. The molecule has 0 aliphatic carbocycles. The Hall–Kier alpha value is -3.15. The molecule has 134 valence electrons. The van der Waals surface area contributed by atoms with Crippen molar-refractivity contribution in [3.8, 4) is 17.2 Å². The van der Waals surface area contributed by atoms with Crippen LogP contribution >= 0.6 is 0 Å². The van der Waals surface area contributed by atoms with Gasteiger partial charge in [0, 0.05) is 5.56 Å². The first-order valence-electron chi connectivity index (χ1n) is 8.38. The van der Waals surface area contributed by atoms with Crippen LogP contribution in [0.15, 0.2) is 57.7 Å². The predicted molar refractivity (Wildman–Crippen MR) is 97.1 cm³/mol. The van der Waals surface area contributed by atoms with Crippen LogP contribution in [0, 0.1) is 5.92 Å². The number of aromatic nitrogens is 1. The van der Waals surface area contributed by atoms with Crippen LogP contribution in [-0.4, -0.2) is 17.7 Å². The lowest BCUT2D eigenvalue weighted by molar-refractivity contribution is 0.0949. The Morgan fingerprint density at radius 1 is 1.12 bits per heavy atom. The molecule has 26 heavy (non-hydrogen) atoms. The Bertz CT molecular complexity index is 960. The highest BCUT2D eigenvalue weighted by Gasteiger charge is 2.10. The minimum absolute atomic E-state index is 0.208. The number of carbonyl (C=O) groups excluding carboxylic acids is 1. The van der Waals surface area contributed by atoms with E-state index < -0.39 is 6.16 Å². The van der Waals surface area contributed by atoms with Crippen LogP contribution in [-0.2, 0) is 4.74 Å². The topological polar surface area (TPSA) is 78.6 Å². The SMILES string of the molecule is CC(C)CCOC(=O)Oc1ccc(-c2nc(=O)c3ccccc3o2)cc1. The van der Waals surface area contributed by atoms with Crippen molar-refractivity contribution in [2.45, 2.75) is 20.3 Å². The van der Waals surface area contributed by atoms with Crippen molar-refractivity contribution in [3.63, 3.8) is 0 Å². The largest absolute Gasteiger partial charge is 0.513 e. The van der Waals surface area contributed by atoms with Crippen molar-refractivity contribution in [1.82, 2.24) is 4.98 Å². The number of hydrogen-bond acceptors (Lipinski definition) is 6. The average Bonchev–Trinajstić information content (AvgIpc) is 2.62. The monoisotopic (exact) mass is 353 g/mol. The number of carbonyl (C=O) groups is 1. The molecule has 2 aromatic carbocycles. The summed E-state index contributed by atoms with van der Waals surface area (Å²) in [7, 11) is 0. The Kier molecular flexibility index (Phi) is 5.31. The zero-order valence-corrected chi connectivity index (χ0v) is 14.6. The van der Waals surface area contributed by atoms with Crippen molar-refractivity contribution in [1.29, 1.82) is 0 Å². The molecule has 0 saturated heterocycles. The lowest BCUT2D eigenvalue weighted by Gasteiger charge is -2.08. The molecule has 0 aliphatic heterocycles. The Morgan fingerprint density at radius 3 is 2.58 bits per heavy atom. The van der Waals surface area contributed by atoms with Crippen LogP contribution < -0.4 is 10.3 Å². The quantitative estimate of drug-likeness (QED) is 0.499. The molecule has 0 spiro atoms. The number of fused-ring (bicyclic) bond motifs is 1. The summed E-state index contributed by atoms with van der Waals surface area (Å²) in [5, 5.41) is 0.431. The molecule has 1 heterocycles. The van der Waals surface area contributed by atoms with Gasteiger partial charge < -0.3 is 13.9 Å². The molecule has 0 saturated carbocycles. The van der Waals surface area contributed by atoms with Crippen molar-refractivity contribution in [3.05, 3.63) is 58.9 Å². The maximum absolute atomic E-state index is 12.1. The van der Waals surface area contributed by atoms with Crippen molar-refractivity contribution in [2.75, 3.05) is 6.61 Å². The van der Waals surface area contributed by atoms with E-state index in [2.05, 4.69) is 4.98 Å². The van der Waals surface area contributed by atoms with Crippen molar-refractivity contribution in [2.24, 2.45) is 5.92 Å². The van der Waals surface area contributed by atoms with E-state index in [9.17, 15) is 9.59 Å². The van der Waals surface area contributed by atoms with E-state index in [0.717, 1.165) is 6.42 Å². The smallest absolute Gasteiger partial charge is 0.437 e. The summed E-state index contributed by atoms with van der Waals surface area (Å²) in [6.07, 6.45) is 0.0366. The zero-order valence-electron chi connectivity index (χ0n) is 14.6. The summed E-state index contributed by atoms with van der Waals surface area (Å²) in [5.74, 6) is 0.998. The molecule has 0 atom stereocenters. The van der Waals surface area contributed by atoms with Gasteiger partial charge in [-0.15, -0.1) is 0 Å². The molecule has 1 aromatic heterocycles. The van der Waals surface area contributed by atoms with E-state index in [1.54, 1.807) is 48.5 Å². The molecule has 0 fully saturated rings. The molecular weight excluding hydrogens is 334 g/mol. The Balaban J connectivity index is 1.72. The summed E-state index contributed by atoms with van der Waals surface area (Å²) in [6.45, 7) is 4.42. The van der Waals surface area contributed by atoms with Crippen LogP contribution in [0.3, 0.4) is 0 Å². The van der Waals surface area contributed by atoms with Gasteiger partial charge in [0.05, 0.1) is 12.0 Å². The third kappa shape index (κ3) is 4.27. The zero-order chi connectivity index (χ0) is 18.5. The van der Waals surface area contributed by atoms with E-state index in [4.69, 9.17) is 13.9 Å². The Labute approximate surface area is 150 Å². The molecule has 0 unspecified atom stereocenters. The molecule has 0 radical (unpaired) electrons. The summed E-state index contributed by atoms with van der Waals surface area (Å²) in [6, 6.07) is 13.4. The third-order valence-electron chi connectivity index (χ3n) is 3.74. The highest BCUT2D eigenvalue weighted by atomic mass is 16.7. The number of benzene rings is 2. The highest BCUT2D eigenvalue weighted by molar-refractivity contribution is 5.76. The van der Waals surface area contributed by atoms with E-state index in [1.807, 2.05) is 13.8 Å². The molecule has 3 rings (SSSR count). The number of nitrogens with zero attached hydrogens (tertiary/aromatic N) is 1. The van der Waals surface area contributed by atoms with Gasteiger partial charge in [-0.3, -0.25) is 4.79 Å². The maximum Gasteiger partial charge on any atom is 0.513 e. The van der Waals surface area contributed by atoms with E-state index >= 15 is 0 Å². The van der Waals surface area contributed by atoms with Crippen LogP contribution in [0.25, 0.3) is 22.4 Å². The number of ether oxygens (including phenoxy) is 2. The minimum atomic E-state index is -0.742. The first kappa shape index (κ1) is 17.7. The summed E-state index contributed by atoms with van der Waals surface area (Å²) >= 11 is 0. The third-order valence-corrected chi connectivity index (χ3v) is 3.74. The van der Waals surface area contributed by atoms with Gasteiger partial charge in [-0.25, -0.2) is 4.79 Å². The summed E-state index contributed by atoms with van der Waals surface area (Å²) in [4.78, 5) is 27.7. The molecule has 0 amide bonds. The number of para-hydroxylation sites is 1. The standard InChI is InChI=1S/C20H19NO5/c1-13(2)11-12-24-20(23)25-15-9-7-14(8-10-15)19-21-18(22)16-5-3-4-6-17(16)26-19/h3-10,13H,11-12H2,1-2H3. The molecule has 0 N–H and O–H groups in total. The molecule has 0 bridgehead atoms. The molecule has 0 aliphatic rings. The van der Waals surface area contributed by atoms with Crippen LogP contribution in [0.2, 0.25) is 0 Å². The van der Waals surface area contributed by atoms with Gasteiger partial charge in [0.2, 0.25) is 5.89 Å². The fourth-order valence-electron chi connectivity index (χ4n) is 2.30. The van der Waals surface area contributed by atoms with Crippen LogP contribution in [0.4, 0.5) is 4.79 Å². The second kappa shape index (κ2) is 7.82. The fraction of sp³-hybridized carbons (Fsp3) is 0.250. The van der Waals surface area contributed by atoms with Gasteiger partial charge in [0.1, 0.15) is 11.3 Å². The summed E-state index contributed by atoms with van der Waals surface area (Å²) < 4.78 is 15.8. The number of hydrogen-bond donors (Lipinski definition) is 0. The first-order chi connectivity index (χ1) is 12.5. The van der Waals surface area contributed by atoms with Gasteiger partial charge >= 0.3 is 6.16 Å². The van der Waals surface area contributed by atoms with E-state index in [-0.39, 0.29) is 11.4 Å². The fourth-order valence-corrected chi connectivity index (χ4v) is 2.30. The highest BCUT2D eigenvalue weighted by Crippen LogP contribution is 2.22. The van der Waals surface area contributed by atoms with Gasteiger partial charge in [-0.05, 0) is 48.7 Å². The van der Waals surface area contributed by atoms with Crippen LogP contribution in [0.5, 0.6) is 5.75 Å². The minimum Gasteiger partial charge on any atom is -0.437 e. The predicted octanol–water partition coefficient (Wildman–Crippen LogP) is 4.42.